The van der Waals surface area contributed by atoms with Crippen LogP contribution in [0.15, 0.2) is 23.2 Å². The molecule has 0 N–H and O–H groups in total. The highest BCUT2D eigenvalue weighted by atomic mass is 35.5. The van der Waals surface area contributed by atoms with Crippen molar-refractivity contribution < 1.29 is 4.79 Å². The highest BCUT2D eigenvalue weighted by Gasteiger charge is 2.20. The van der Waals surface area contributed by atoms with E-state index in [1.807, 2.05) is 12.1 Å². The summed E-state index contributed by atoms with van der Waals surface area (Å²) in [7, 11) is 0. The van der Waals surface area contributed by atoms with Gasteiger partial charge in [-0.2, -0.15) is 0 Å². The maximum Gasteiger partial charge on any atom is 0.225 e. The smallest absolute Gasteiger partial charge is 0.225 e. The Balaban J connectivity index is 1.99. The molecule has 6 heteroatoms. The Labute approximate surface area is 120 Å². The van der Waals surface area contributed by atoms with Crippen LogP contribution < -0.4 is 0 Å². The van der Waals surface area contributed by atoms with Crippen LogP contribution in [-0.2, 0) is 10.5 Å². The van der Waals surface area contributed by atoms with E-state index in [9.17, 15) is 4.79 Å². The molecule has 1 aromatic rings. The molecule has 0 aliphatic carbocycles. The summed E-state index contributed by atoms with van der Waals surface area (Å²) in [4.78, 5) is 17.4. The Morgan fingerprint density at radius 3 is 2.89 bits per heavy atom. The van der Waals surface area contributed by atoms with E-state index in [1.165, 1.54) is 0 Å². The summed E-state index contributed by atoms with van der Waals surface area (Å²) in [5, 5.41) is 1.88. The first-order valence-electron chi connectivity index (χ1n) is 5.47. The quantitative estimate of drug-likeness (QED) is 0.838. The second kappa shape index (κ2) is 5.95. The van der Waals surface area contributed by atoms with Crippen molar-refractivity contribution in [3.8, 4) is 0 Å². The van der Waals surface area contributed by atoms with Crippen molar-refractivity contribution in [3.63, 3.8) is 0 Å². The zero-order valence-corrected chi connectivity index (χ0v) is 12.1. The largest absolute Gasteiger partial charge is 0.290 e. The van der Waals surface area contributed by atoms with Gasteiger partial charge in [-0.3, -0.25) is 14.7 Å². The Morgan fingerprint density at radius 2 is 2.22 bits per heavy atom. The number of amides is 1. The lowest BCUT2D eigenvalue weighted by Gasteiger charge is -2.15. The molecule has 96 valence electrons. The molecule has 1 aromatic carbocycles. The third kappa shape index (κ3) is 3.19. The van der Waals surface area contributed by atoms with E-state index in [2.05, 4.69) is 4.99 Å². The van der Waals surface area contributed by atoms with Crippen molar-refractivity contribution in [1.29, 1.82) is 0 Å². The van der Waals surface area contributed by atoms with E-state index in [1.54, 1.807) is 29.7 Å². The Kier molecular flexibility index (Phi) is 4.54. The van der Waals surface area contributed by atoms with Crippen LogP contribution in [0.5, 0.6) is 0 Å². The molecule has 18 heavy (non-hydrogen) atoms. The molecule has 0 aromatic heterocycles. The van der Waals surface area contributed by atoms with Gasteiger partial charge in [-0.25, -0.2) is 0 Å². The first-order valence-corrected chi connectivity index (χ1v) is 7.21. The minimum absolute atomic E-state index is 0.0351. The molecule has 2 rings (SSSR count). The van der Waals surface area contributed by atoms with E-state index < -0.39 is 0 Å². The van der Waals surface area contributed by atoms with Crippen molar-refractivity contribution in [3.05, 3.63) is 33.8 Å². The Hall–Kier alpha value is -0.710. The fourth-order valence-corrected chi connectivity index (χ4v) is 2.97. The van der Waals surface area contributed by atoms with Crippen LogP contribution in [0.25, 0.3) is 0 Å². The van der Waals surface area contributed by atoms with Crippen LogP contribution >= 0.6 is 35.0 Å². The lowest BCUT2D eigenvalue weighted by atomic mass is 10.2. The fourth-order valence-electron chi connectivity index (χ4n) is 1.62. The van der Waals surface area contributed by atoms with Gasteiger partial charge in [-0.1, -0.05) is 41.0 Å². The normalized spacial score (nSPS) is 14.8. The van der Waals surface area contributed by atoms with Gasteiger partial charge in [0.25, 0.3) is 0 Å². The number of amidine groups is 1. The van der Waals surface area contributed by atoms with Gasteiger partial charge in [-0.15, -0.1) is 0 Å². The average molecular weight is 303 g/mol. The van der Waals surface area contributed by atoms with E-state index in [0.717, 1.165) is 16.5 Å². The zero-order valence-electron chi connectivity index (χ0n) is 9.82. The number of hydrogen-bond acceptors (Lipinski definition) is 3. The van der Waals surface area contributed by atoms with E-state index in [0.29, 0.717) is 23.1 Å². The molecule has 0 fully saturated rings. The topological polar surface area (TPSA) is 32.7 Å². The monoisotopic (exact) mass is 302 g/mol. The maximum absolute atomic E-state index is 11.4. The first kappa shape index (κ1) is 13.7. The number of carbonyl (C=O) groups excluding carboxylic acids is 1. The summed E-state index contributed by atoms with van der Waals surface area (Å²) in [6.45, 7) is 2.92. The zero-order chi connectivity index (χ0) is 13.1. The number of nitrogens with zero attached hydrogens (tertiary/aromatic N) is 2. The molecule has 0 unspecified atom stereocenters. The second-order valence-corrected chi connectivity index (χ2v) is 5.63. The Morgan fingerprint density at radius 1 is 1.44 bits per heavy atom. The SMILES string of the molecule is CC(=O)N1CCN=C1SCc1ccc(Cl)c(Cl)c1. The summed E-state index contributed by atoms with van der Waals surface area (Å²) in [5.74, 6) is 0.757. The average Bonchev–Trinajstić information content (AvgIpc) is 2.79. The molecule has 3 nitrogen and oxygen atoms in total. The van der Waals surface area contributed by atoms with Crippen molar-refractivity contribution in [1.82, 2.24) is 4.90 Å². The van der Waals surface area contributed by atoms with E-state index in [4.69, 9.17) is 23.2 Å². The molecule has 1 aliphatic rings. The highest BCUT2D eigenvalue weighted by molar-refractivity contribution is 8.13. The summed E-state index contributed by atoms with van der Waals surface area (Å²) >= 11 is 13.4. The van der Waals surface area contributed by atoms with Crippen molar-refractivity contribution in [2.45, 2.75) is 12.7 Å². The van der Waals surface area contributed by atoms with Gasteiger partial charge in [0, 0.05) is 19.2 Å². The van der Waals surface area contributed by atoms with Crippen LogP contribution in [0.3, 0.4) is 0 Å². The van der Waals surface area contributed by atoms with E-state index in [-0.39, 0.29) is 5.91 Å². The van der Waals surface area contributed by atoms with Gasteiger partial charge >= 0.3 is 0 Å². The highest BCUT2D eigenvalue weighted by Crippen LogP contribution is 2.26. The number of hydrogen-bond donors (Lipinski definition) is 0. The molecular weight excluding hydrogens is 291 g/mol. The van der Waals surface area contributed by atoms with Gasteiger partial charge in [0.2, 0.25) is 5.91 Å². The third-order valence-corrected chi connectivity index (χ3v) is 4.36. The minimum atomic E-state index is 0.0351. The van der Waals surface area contributed by atoms with Crippen molar-refractivity contribution >= 4 is 46.0 Å². The van der Waals surface area contributed by atoms with Gasteiger partial charge in [0.15, 0.2) is 5.17 Å². The van der Waals surface area contributed by atoms with E-state index >= 15 is 0 Å². The van der Waals surface area contributed by atoms with Gasteiger partial charge in [-0.05, 0) is 17.7 Å². The van der Waals surface area contributed by atoms with Crippen molar-refractivity contribution in [2.24, 2.45) is 4.99 Å². The molecule has 0 spiro atoms. The van der Waals surface area contributed by atoms with Gasteiger partial charge in [0.1, 0.15) is 0 Å². The predicted octanol–water partition coefficient (Wildman–Crippen LogP) is 3.44. The predicted molar refractivity (Wildman–Crippen MR) is 77.4 cm³/mol. The summed E-state index contributed by atoms with van der Waals surface area (Å²) in [6, 6.07) is 5.54. The molecular formula is C12H12Cl2N2OS. The number of halogens is 2. The number of benzene rings is 1. The molecule has 0 radical (unpaired) electrons. The summed E-state index contributed by atoms with van der Waals surface area (Å²) in [5.41, 5.74) is 1.06. The second-order valence-electron chi connectivity index (χ2n) is 3.87. The van der Waals surface area contributed by atoms with Crippen LogP contribution in [0, 0.1) is 0 Å². The molecule has 0 saturated carbocycles. The number of rotatable bonds is 2. The minimum Gasteiger partial charge on any atom is -0.290 e. The molecule has 0 saturated heterocycles. The molecule has 1 aliphatic heterocycles. The third-order valence-electron chi connectivity index (χ3n) is 2.53. The van der Waals surface area contributed by atoms with Crippen LogP contribution in [0.2, 0.25) is 10.0 Å². The molecule has 0 bridgehead atoms. The lowest BCUT2D eigenvalue weighted by molar-refractivity contribution is -0.124. The molecule has 1 heterocycles. The standard InChI is InChI=1S/C12H12Cl2N2OS/c1-8(17)16-5-4-15-12(16)18-7-9-2-3-10(13)11(14)6-9/h2-3,6H,4-5,7H2,1H3. The van der Waals surface area contributed by atoms with Crippen LogP contribution in [-0.4, -0.2) is 29.1 Å². The Bertz CT molecular complexity index is 505. The molecule has 1 amide bonds. The van der Waals surface area contributed by atoms with Crippen LogP contribution in [0.1, 0.15) is 12.5 Å². The number of aliphatic imine (C=N–C) groups is 1. The van der Waals surface area contributed by atoms with Crippen molar-refractivity contribution in [2.75, 3.05) is 13.1 Å². The number of carbonyl (C=O) groups is 1. The summed E-state index contributed by atoms with van der Waals surface area (Å²) in [6.07, 6.45) is 0. The fraction of sp³-hybridized carbons (Fsp3) is 0.333. The van der Waals surface area contributed by atoms with Crippen LogP contribution in [0.4, 0.5) is 0 Å². The van der Waals surface area contributed by atoms with Gasteiger partial charge < -0.3 is 0 Å². The molecule has 0 atom stereocenters. The lowest BCUT2D eigenvalue weighted by Crippen LogP contribution is -2.30. The summed E-state index contributed by atoms with van der Waals surface area (Å²) < 4.78 is 0. The first-order chi connectivity index (χ1) is 8.58. The number of thioether (sulfide) groups is 1. The van der Waals surface area contributed by atoms with Gasteiger partial charge in [0.05, 0.1) is 16.6 Å². The maximum atomic E-state index is 11.4.